The highest BCUT2D eigenvalue weighted by atomic mass is 32.1. The normalized spacial score (nSPS) is 39.9. The summed E-state index contributed by atoms with van der Waals surface area (Å²) in [5.74, 6) is -2.75. The number of methoxy groups -OCH3 is 1. The lowest BCUT2D eigenvalue weighted by Gasteiger charge is -2.49. The zero-order valence-corrected chi connectivity index (χ0v) is 45.0. The Morgan fingerprint density at radius 2 is 1.70 bits per heavy atom. The van der Waals surface area contributed by atoms with Crippen LogP contribution in [0.25, 0.3) is 10.6 Å². The lowest BCUT2D eigenvalue weighted by Crippen LogP contribution is -2.61. The quantitative estimate of drug-likeness (QED) is 0.144. The van der Waals surface area contributed by atoms with Crippen LogP contribution < -0.4 is 0 Å². The maximum Gasteiger partial charge on any atom is 0.311 e. The highest BCUT2D eigenvalue weighted by molar-refractivity contribution is 7.15. The molecule has 0 aromatic carbocycles. The smallest absolute Gasteiger partial charge is 0.311 e. The summed E-state index contributed by atoms with van der Waals surface area (Å²) in [7, 11) is 5.30. The number of esters is 1. The number of cyclic esters (lactones) is 1. The molecule has 3 fully saturated rings. The summed E-state index contributed by atoms with van der Waals surface area (Å²) in [6.45, 7) is 19.3. The molecule has 18 atom stereocenters. The van der Waals surface area contributed by atoms with Gasteiger partial charge in [0.05, 0.1) is 52.1 Å². The van der Waals surface area contributed by atoms with Crippen LogP contribution in [0.2, 0.25) is 0 Å². The molecule has 3 aromatic heterocycles. The molecule has 0 bridgehead atoms. The number of carbonyl (C=O) groups excluding carboxylic acids is 1. The second-order valence-corrected chi connectivity index (χ2v) is 23.0. The number of nitrogens with zero attached hydrogens (tertiary/aromatic N) is 7. The molecule has 0 radical (unpaired) electrons. The molecule has 21 heteroatoms. The fraction of sp³-hybridized carbons (Fsp3) is 0.816. The monoisotopic (exact) mass is 1020 g/mol. The van der Waals surface area contributed by atoms with Crippen molar-refractivity contribution in [1.82, 2.24) is 34.4 Å². The zero-order chi connectivity index (χ0) is 51.5. The average Bonchev–Trinajstić information content (AvgIpc) is 4.12. The summed E-state index contributed by atoms with van der Waals surface area (Å²) in [4.78, 5) is 20.8. The number of aromatic nitrogens is 5. The third kappa shape index (κ3) is 13.2. The molecule has 3 aliphatic rings. The van der Waals surface area contributed by atoms with E-state index in [1.54, 1.807) is 52.9 Å². The Morgan fingerprint density at radius 1 is 0.971 bits per heavy atom. The van der Waals surface area contributed by atoms with Gasteiger partial charge >= 0.3 is 5.97 Å². The Balaban J connectivity index is 1.24. The molecule has 3 saturated heterocycles. The van der Waals surface area contributed by atoms with Gasteiger partial charge in [0.15, 0.2) is 12.6 Å². The largest absolute Gasteiger partial charge is 0.459 e. The standard InChI is InChI=1S/C49H81N7O12S2/c1-14-38-49(10,62)42(58)31(6)55(12)24-27(2)22-47(8,61)44(29(4)41(30(5)45(60)66-38)67-39-23-48(9,63-13)43(59)32(7)65-39)68-46-40(57)36(21-28(3)64-46)54(11)19-17-33-25-56(52-50-33)20-18-34-15-16-37(70-34)35-26-69-53-51-35/h15-16,25-32,36,38-44,46,57-59,61-62H,14,17-24H2,1-13H3/t27-,28-,29+,30-,31-,32+,36+,38-,39+,40-,41+,42-,43+,44-,46+,47-,48-,49-/m1/s1. The van der Waals surface area contributed by atoms with E-state index in [0.717, 1.165) is 22.7 Å². The molecule has 0 aliphatic carbocycles. The van der Waals surface area contributed by atoms with Crippen LogP contribution in [0.3, 0.4) is 0 Å². The average molecular weight is 1020 g/mol. The molecule has 0 amide bonds. The van der Waals surface area contributed by atoms with Crippen LogP contribution in [0, 0.1) is 17.8 Å². The molecule has 19 nitrogen and oxygen atoms in total. The maximum atomic E-state index is 14.5. The molecule has 5 N–H and O–H groups in total. The third-order valence-electron chi connectivity index (χ3n) is 15.3. The minimum atomic E-state index is -1.83. The van der Waals surface area contributed by atoms with Gasteiger partial charge in [0.1, 0.15) is 35.7 Å². The predicted molar refractivity (Wildman–Crippen MR) is 264 cm³/mol. The van der Waals surface area contributed by atoms with Crippen molar-refractivity contribution in [2.45, 2.75) is 205 Å². The fourth-order valence-electron chi connectivity index (χ4n) is 10.8. The summed E-state index contributed by atoms with van der Waals surface area (Å²) in [5, 5.41) is 74.6. The van der Waals surface area contributed by atoms with Crippen LogP contribution in [0.4, 0.5) is 0 Å². The van der Waals surface area contributed by atoms with E-state index in [2.05, 4.69) is 36.9 Å². The van der Waals surface area contributed by atoms with Crippen LogP contribution in [-0.2, 0) is 52.6 Å². The fourth-order valence-corrected chi connectivity index (χ4v) is 12.3. The van der Waals surface area contributed by atoms with Crippen molar-refractivity contribution in [2.24, 2.45) is 17.8 Å². The van der Waals surface area contributed by atoms with Gasteiger partial charge in [0.25, 0.3) is 0 Å². The Kier molecular flexibility index (Phi) is 19.2. The van der Waals surface area contributed by atoms with Crippen LogP contribution in [0.5, 0.6) is 0 Å². The van der Waals surface area contributed by atoms with Gasteiger partial charge < -0.3 is 63.8 Å². The first kappa shape index (κ1) is 56.7. The van der Waals surface area contributed by atoms with E-state index in [1.165, 1.54) is 30.4 Å². The molecule has 3 aliphatic heterocycles. The predicted octanol–water partition coefficient (Wildman–Crippen LogP) is 3.93. The van der Waals surface area contributed by atoms with Gasteiger partial charge in [-0.05, 0) is 111 Å². The molecule has 6 heterocycles. The number of rotatable bonds is 14. The van der Waals surface area contributed by atoms with E-state index in [1.807, 2.05) is 56.0 Å². The first-order valence-electron chi connectivity index (χ1n) is 24.9. The van der Waals surface area contributed by atoms with Gasteiger partial charge in [-0.2, -0.15) is 0 Å². The number of hydrogen-bond acceptors (Lipinski definition) is 20. The summed E-state index contributed by atoms with van der Waals surface area (Å²) >= 11 is 3.03. The number of hydrogen-bond donors (Lipinski definition) is 5. The van der Waals surface area contributed by atoms with E-state index in [9.17, 15) is 30.3 Å². The Labute approximate surface area is 421 Å². The first-order chi connectivity index (χ1) is 32.9. The number of aliphatic hydroxyl groups excluding tert-OH is 3. The number of ether oxygens (including phenoxy) is 6. The van der Waals surface area contributed by atoms with E-state index in [-0.39, 0.29) is 31.3 Å². The topological polar surface area (TPSA) is 237 Å². The Morgan fingerprint density at radius 3 is 2.37 bits per heavy atom. The lowest BCUT2D eigenvalue weighted by atomic mass is 9.77. The van der Waals surface area contributed by atoms with Crippen molar-refractivity contribution in [1.29, 1.82) is 0 Å². The Hall–Kier alpha value is -2.61. The highest BCUT2D eigenvalue weighted by Crippen LogP contribution is 2.40. The van der Waals surface area contributed by atoms with Crippen LogP contribution in [0.15, 0.2) is 23.7 Å². The summed E-state index contributed by atoms with van der Waals surface area (Å²) in [5.41, 5.74) is -2.80. The van der Waals surface area contributed by atoms with Gasteiger partial charge in [0, 0.05) is 80.5 Å². The lowest BCUT2D eigenvalue weighted by molar-refractivity contribution is -0.318. The minimum Gasteiger partial charge on any atom is -0.459 e. The third-order valence-corrected chi connectivity index (χ3v) is 17.0. The van der Waals surface area contributed by atoms with Crippen LogP contribution in [-0.4, -0.2) is 190 Å². The SMILES string of the molecule is CC[C@H]1OC(=O)[C@H](C)[C@@H](O[C@H]2C[C@@](C)(OC)[C@@H](O)[C@H](C)O2)[C@H](C)[C@@H](O[C@@H]2O[C@H](C)C[C@H](N(C)CCc3cn(CCc4ccc(-c5csnn5)s4)nn3)[C@H]2O)[C@](C)(O)C[C@@H](C)CN(C)[C@H](C)[C@@H](O)[C@]1(C)O. The van der Waals surface area contributed by atoms with Gasteiger partial charge in [-0.3, -0.25) is 9.48 Å². The van der Waals surface area contributed by atoms with Crippen molar-refractivity contribution in [3.05, 3.63) is 34.3 Å². The minimum absolute atomic E-state index is 0.108. The Bertz CT molecular complexity index is 2090. The van der Waals surface area contributed by atoms with Crippen molar-refractivity contribution in [2.75, 3.05) is 34.3 Å². The molecule has 70 heavy (non-hydrogen) atoms. The van der Waals surface area contributed by atoms with Crippen molar-refractivity contribution >= 4 is 28.8 Å². The van der Waals surface area contributed by atoms with E-state index < -0.39 is 102 Å². The summed E-state index contributed by atoms with van der Waals surface area (Å²) in [6.07, 6.45) is -5.57. The van der Waals surface area contributed by atoms with Crippen LogP contribution >= 0.6 is 22.9 Å². The van der Waals surface area contributed by atoms with Crippen LogP contribution in [0.1, 0.15) is 105 Å². The summed E-state index contributed by atoms with van der Waals surface area (Å²) in [6, 6.07) is 3.21. The molecule has 0 saturated carbocycles. The van der Waals surface area contributed by atoms with E-state index in [0.29, 0.717) is 32.5 Å². The number of carbonyl (C=O) groups is 1. The molecular weight excluding hydrogens is 943 g/mol. The molecule has 0 unspecified atom stereocenters. The molecule has 6 rings (SSSR count). The number of aryl methyl sites for hydroxylation is 2. The maximum absolute atomic E-state index is 14.5. The molecule has 0 spiro atoms. The summed E-state index contributed by atoms with van der Waals surface area (Å²) < 4.78 is 44.1. The zero-order valence-electron chi connectivity index (χ0n) is 43.4. The molecular formula is C49H81N7O12S2. The molecule has 396 valence electrons. The van der Waals surface area contributed by atoms with Crippen molar-refractivity contribution in [3.63, 3.8) is 0 Å². The number of thiophene rings is 1. The van der Waals surface area contributed by atoms with Gasteiger partial charge in [-0.25, -0.2) is 0 Å². The van der Waals surface area contributed by atoms with Gasteiger partial charge in [-0.1, -0.05) is 30.5 Å². The van der Waals surface area contributed by atoms with Gasteiger partial charge in [-0.15, -0.1) is 21.5 Å². The van der Waals surface area contributed by atoms with Crippen molar-refractivity contribution < 1.29 is 58.7 Å². The van der Waals surface area contributed by atoms with Gasteiger partial charge in [0.2, 0.25) is 0 Å². The first-order valence-corrected chi connectivity index (χ1v) is 26.6. The molecule has 3 aromatic rings. The second kappa shape index (κ2) is 23.7. The number of likely N-dealkylation sites (N-methyl/N-ethyl adjacent to an activating group) is 2. The van der Waals surface area contributed by atoms with E-state index >= 15 is 0 Å². The highest BCUT2D eigenvalue weighted by Gasteiger charge is 2.53. The number of aliphatic hydroxyl groups is 5. The van der Waals surface area contributed by atoms with E-state index in [4.69, 9.17) is 28.4 Å². The van der Waals surface area contributed by atoms with Crippen molar-refractivity contribution in [3.8, 4) is 10.6 Å². The second-order valence-electron chi connectivity index (χ2n) is 21.2.